The van der Waals surface area contributed by atoms with Crippen LogP contribution in [0.15, 0.2) is 59.5 Å². The summed E-state index contributed by atoms with van der Waals surface area (Å²) in [4.78, 5) is 26.5. The Morgan fingerprint density at radius 1 is 1.00 bits per heavy atom. The van der Waals surface area contributed by atoms with E-state index in [4.69, 9.17) is 0 Å². The maximum atomic E-state index is 12.7. The number of carbonyl (C=O) groups is 2. The minimum Gasteiger partial charge on any atom is -0.508 e. The van der Waals surface area contributed by atoms with Crippen LogP contribution in [0.1, 0.15) is 31.4 Å². The first kappa shape index (κ1) is 22.8. The minimum absolute atomic E-state index is 0.0461. The number of benzene rings is 2. The molecular formula is C22H27N3O5S. The Morgan fingerprint density at radius 3 is 2.32 bits per heavy atom. The van der Waals surface area contributed by atoms with E-state index in [-0.39, 0.29) is 54.4 Å². The number of piperazine rings is 1. The van der Waals surface area contributed by atoms with Gasteiger partial charge in [0.05, 0.1) is 10.9 Å². The molecule has 0 saturated carbocycles. The molecule has 0 aliphatic carbocycles. The first-order valence-corrected chi connectivity index (χ1v) is 11.6. The van der Waals surface area contributed by atoms with Gasteiger partial charge in [0, 0.05) is 39.0 Å². The summed E-state index contributed by atoms with van der Waals surface area (Å²) in [6.45, 7) is 2.85. The van der Waals surface area contributed by atoms with Gasteiger partial charge >= 0.3 is 0 Å². The van der Waals surface area contributed by atoms with Crippen LogP contribution >= 0.6 is 0 Å². The molecule has 1 aliphatic heterocycles. The van der Waals surface area contributed by atoms with Crippen molar-refractivity contribution in [3.05, 3.63) is 60.2 Å². The third kappa shape index (κ3) is 5.83. The number of phenols is 1. The van der Waals surface area contributed by atoms with Crippen molar-refractivity contribution in [2.75, 3.05) is 26.2 Å². The molecule has 1 saturated heterocycles. The highest BCUT2D eigenvalue weighted by Crippen LogP contribution is 2.19. The van der Waals surface area contributed by atoms with Gasteiger partial charge < -0.3 is 15.3 Å². The lowest BCUT2D eigenvalue weighted by molar-refractivity contribution is -0.134. The number of hydrogen-bond donors (Lipinski definition) is 2. The molecule has 3 rings (SSSR count). The fraction of sp³-hybridized carbons (Fsp3) is 0.364. The van der Waals surface area contributed by atoms with Gasteiger partial charge in [-0.25, -0.2) is 8.42 Å². The fourth-order valence-electron chi connectivity index (χ4n) is 3.49. The Hall–Kier alpha value is -2.91. The molecule has 1 aliphatic rings. The molecule has 1 heterocycles. The van der Waals surface area contributed by atoms with Crippen LogP contribution in [-0.4, -0.2) is 60.7 Å². The lowest BCUT2D eigenvalue weighted by Crippen LogP contribution is -2.50. The number of nitrogens with one attached hydrogen (secondary N) is 1. The van der Waals surface area contributed by atoms with Crippen molar-refractivity contribution in [2.24, 2.45) is 0 Å². The Kier molecular flexibility index (Phi) is 7.29. The summed E-state index contributed by atoms with van der Waals surface area (Å²) in [6, 6.07) is 14.6. The largest absolute Gasteiger partial charge is 0.508 e. The third-order valence-electron chi connectivity index (χ3n) is 5.29. The second kappa shape index (κ2) is 9.93. The van der Waals surface area contributed by atoms with E-state index >= 15 is 0 Å². The van der Waals surface area contributed by atoms with Crippen LogP contribution in [-0.2, 0) is 19.6 Å². The van der Waals surface area contributed by atoms with Crippen molar-refractivity contribution in [3.63, 3.8) is 0 Å². The maximum absolute atomic E-state index is 12.7. The molecule has 0 bridgehead atoms. The molecule has 9 heteroatoms. The zero-order valence-electron chi connectivity index (χ0n) is 17.4. The summed E-state index contributed by atoms with van der Waals surface area (Å²) < 4.78 is 26.7. The van der Waals surface area contributed by atoms with Gasteiger partial charge in [-0.15, -0.1) is 0 Å². The number of carbonyl (C=O) groups excluding carboxylic acids is 2. The Morgan fingerprint density at radius 2 is 1.68 bits per heavy atom. The zero-order chi connectivity index (χ0) is 22.4. The summed E-state index contributed by atoms with van der Waals surface area (Å²) in [5.74, 6) is -0.298. The molecule has 2 amide bonds. The number of hydrogen-bond acceptors (Lipinski definition) is 5. The summed E-state index contributed by atoms with van der Waals surface area (Å²) in [5.41, 5.74) is 0.774. The number of aromatic hydroxyl groups is 1. The topological polar surface area (TPSA) is 107 Å². The van der Waals surface area contributed by atoms with Crippen LogP contribution in [0.4, 0.5) is 0 Å². The molecule has 2 aromatic rings. The molecule has 166 valence electrons. The van der Waals surface area contributed by atoms with Crippen LogP contribution in [0, 0.1) is 0 Å². The van der Waals surface area contributed by atoms with Crippen LogP contribution in [0.5, 0.6) is 5.75 Å². The van der Waals surface area contributed by atoms with Crippen molar-refractivity contribution in [2.45, 2.75) is 30.7 Å². The predicted molar refractivity (Wildman–Crippen MR) is 116 cm³/mol. The van der Waals surface area contributed by atoms with Gasteiger partial charge in [0.2, 0.25) is 21.8 Å². The van der Waals surface area contributed by atoms with E-state index in [2.05, 4.69) is 5.32 Å². The first-order valence-electron chi connectivity index (χ1n) is 10.2. The van der Waals surface area contributed by atoms with E-state index < -0.39 is 10.0 Å². The number of rotatable bonds is 7. The highest BCUT2D eigenvalue weighted by Gasteiger charge is 2.30. The van der Waals surface area contributed by atoms with E-state index in [1.54, 1.807) is 66.4 Å². The maximum Gasteiger partial charge on any atom is 0.243 e. The second-order valence-electron chi connectivity index (χ2n) is 7.48. The van der Waals surface area contributed by atoms with E-state index in [1.807, 2.05) is 0 Å². The molecule has 1 fully saturated rings. The standard InChI is InChI=1S/C22H27N3O5S/c1-17(18-6-5-7-19(26)16-18)23-21(27)10-11-22(28)24-12-14-25(15-13-24)31(29,30)20-8-3-2-4-9-20/h2-9,16-17,26H,10-15H2,1H3,(H,23,27). The number of sulfonamides is 1. The van der Waals surface area contributed by atoms with Crippen molar-refractivity contribution < 1.29 is 23.1 Å². The van der Waals surface area contributed by atoms with E-state index in [9.17, 15) is 23.1 Å². The minimum atomic E-state index is -3.57. The van der Waals surface area contributed by atoms with Gasteiger partial charge in [-0.2, -0.15) is 4.31 Å². The lowest BCUT2D eigenvalue weighted by atomic mass is 10.1. The lowest BCUT2D eigenvalue weighted by Gasteiger charge is -2.34. The zero-order valence-corrected chi connectivity index (χ0v) is 18.2. The van der Waals surface area contributed by atoms with Crippen LogP contribution < -0.4 is 5.32 Å². The van der Waals surface area contributed by atoms with Crippen LogP contribution in [0.25, 0.3) is 0 Å². The highest BCUT2D eigenvalue weighted by molar-refractivity contribution is 7.89. The van der Waals surface area contributed by atoms with Gasteiger partial charge in [0.1, 0.15) is 5.75 Å². The summed E-state index contributed by atoms with van der Waals surface area (Å²) >= 11 is 0. The summed E-state index contributed by atoms with van der Waals surface area (Å²) in [7, 11) is -3.57. The van der Waals surface area contributed by atoms with Gasteiger partial charge in [0.15, 0.2) is 0 Å². The van der Waals surface area contributed by atoms with Crippen LogP contribution in [0.2, 0.25) is 0 Å². The molecule has 31 heavy (non-hydrogen) atoms. The van der Waals surface area contributed by atoms with Crippen molar-refractivity contribution >= 4 is 21.8 Å². The smallest absolute Gasteiger partial charge is 0.243 e. The SMILES string of the molecule is CC(NC(=O)CCC(=O)N1CCN(S(=O)(=O)c2ccccc2)CC1)c1cccc(O)c1. The Balaban J connectivity index is 1.45. The predicted octanol–water partition coefficient (Wildman–Crippen LogP) is 1.88. The molecular weight excluding hydrogens is 418 g/mol. The molecule has 0 radical (unpaired) electrons. The molecule has 8 nitrogen and oxygen atoms in total. The molecule has 1 unspecified atom stereocenters. The van der Waals surface area contributed by atoms with E-state index in [0.717, 1.165) is 5.56 Å². The second-order valence-corrected chi connectivity index (χ2v) is 9.42. The average molecular weight is 446 g/mol. The third-order valence-corrected chi connectivity index (χ3v) is 7.20. The first-order chi connectivity index (χ1) is 14.8. The van der Waals surface area contributed by atoms with Crippen LogP contribution in [0.3, 0.4) is 0 Å². The average Bonchev–Trinajstić information content (AvgIpc) is 2.78. The number of phenolic OH excluding ortho intramolecular Hbond substituents is 1. The molecule has 2 aromatic carbocycles. The Labute approximate surface area is 182 Å². The van der Waals surface area contributed by atoms with Gasteiger partial charge in [-0.1, -0.05) is 30.3 Å². The number of amides is 2. The number of nitrogens with zero attached hydrogens (tertiary/aromatic N) is 2. The van der Waals surface area contributed by atoms with Crippen molar-refractivity contribution in [3.8, 4) is 5.75 Å². The molecule has 0 spiro atoms. The quantitative estimate of drug-likeness (QED) is 0.677. The van der Waals surface area contributed by atoms with Gasteiger partial charge in [-0.05, 0) is 36.8 Å². The normalized spacial score (nSPS) is 16.0. The molecule has 2 N–H and O–H groups in total. The summed E-state index contributed by atoms with van der Waals surface area (Å²) in [6.07, 6.45) is 0.106. The van der Waals surface area contributed by atoms with Gasteiger partial charge in [0.25, 0.3) is 0 Å². The molecule has 1 atom stereocenters. The molecule has 0 aromatic heterocycles. The highest BCUT2D eigenvalue weighted by atomic mass is 32.2. The monoisotopic (exact) mass is 445 g/mol. The summed E-state index contributed by atoms with van der Waals surface area (Å²) in [5, 5.41) is 12.4. The van der Waals surface area contributed by atoms with Crippen molar-refractivity contribution in [1.82, 2.24) is 14.5 Å². The van der Waals surface area contributed by atoms with E-state index in [1.165, 1.54) is 4.31 Å². The van der Waals surface area contributed by atoms with Gasteiger partial charge in [-0.3, -0.25) is 9.59 Å². The van der Waals surface area contributed by atoms with E-state index in [0.29, 0.717) is 13.1 Å². The van der Waals surface area contributed by atoms with Crippen molar-refractivity contribution in [1.29, 1.82) is 0 Å². The Bertz CT molecular complexity index is 1020. The fourth-order valence-corrected chi connectivity index (χ4v) is 4.93.